The third kappa shape index (κ3) is 3.29. The normalized spacial score (nSPS) is 21.1. The van der Waals surface area contributed by atoms with Gasteiger partial charge in [-0.05, 0) is 18.6 Å². The lowest BCUT2D eigenvalue weighted by Gasteiger charge is -2.11. The molecule has 0 amide bonds. The number of hydrogen-bond donors (Lipinski definition) is 1. The number of Topliss-reactive ketones (excluding diaryl/α,β-unsaturated/α-hetero) is 1. The fraction of sp³-hybridized carbons (Fsp3) is 0.286. The molecule has 0 aromatic heterocycles. The van der Waals surface area contributed by atoms with E-state index in [0.717, 1.165) is 23.9 Å². The highest BCUT2D eigenvalue weighted by molar-refractivity contribution is 8.18. The molecule has 1 N–H and O–H groups in total. The molecule has 1 unspecified atom stereocenters. The molecule has 1 fully saturated rings. The van der Waals surface area contributed by atoms with Crippen molar-refractivity contribution in [3.63, 3.8) is 0 Å². The zero-order valence-corrected chi connectivity index (χ0v) is 11.8. The van der Waals surface area contributed by atoms with E-state index in [1.165, 1.54) is 18.4 Å². The number of ether oxygens (including phenoxy) is 1. The van der Waals surface area contributed by atoms with E-state index in [-0.39, 0.29) is 15.5 Å². The van der Waals surface area contributed by atoms with Crippen molar-refractivity contribution in [1.29, 1.82) is 5.41 Å². The Labute approximate surface area is 123 Å². The van der Waals surface area contributed by atoms with Crippen LogP contribution < -0.4 is 0 Å². The van der Waals surface area contributed by atoms with Gasteiger partial charge in [-0.2, -0.15) is 13.2 Å². The Balaban J connectivity index is 2.34. The van der Waals surface area contributed by atoms with Crippen molar-refractivity contribution < 1.29 is 22.7 Å². The number of carbonyl (C=O) groups excluding carboxylic acids is 1. The molecule has 0 radical (unpaired) electrons. The molecule has 0 aliphatic carbocycles. The first kappa shape index (κ1) is 15.6. The maximum absolute atomic E-state index is 12.7. The zero-order valence-electron chi connectivity index (χ0n) is 11.0. The van der Waals surface area contributed by atoms with E-state index < -0.39 is 23.4 Å². The third-order valence-corrected chi connectivity index (χ3v) is 3.86. The number of benzene rings is 1. The highest BCUT2D eigenvalue weighted by Gasteiger charge is 2.38. The van der Waals surface area contributed by atoms with E-state index in [1.54, 1.807) is 6.92 Å². The van der Waals surface area contributed by atoms with Gasteiger partial charge in [0.1, 0.15) is 6.26 Å². The van der Waals surface area contributed by atoms with Crippen LogP contribution in [0.25, 0.3) is 0 Å². The molecule has 1 atom stereocenters. The summed E-state index contributed by atoms with van der Waals surface area (Å²) < 4.78 is 43.2. The predicted molar refractivity (Wildman–Crippen MR) is 74.2 cm³/mol. The molecule has 1 saturated heterocycles. The second-order valence-electron chi connectivity index (χ2n) is 4.32. The fourth-order valence-corrected chi connectivity index (χ4v) is 2.86. The molecular formula is C14H12F3NO2S. The second kappa shape index (κ2) is 5.93. The Morgan fingerprint density at radius 3 is 2.76 bits per heavy atom. The summed E-state index contributed by atoms with van der Waals surface area (Å²) in [5, 5.41) is 7.84. The Morgan fingerprint density at radius 1 is 1.43 bits per heavy atom. The van der Waals surface area contributed by atoms with E-state index >= 15 is 0 Å². The van der Waals surface area contributed by atoms with Gasteiger partial charge in [0, 0.05) is 0 Å². The summed E-state index contributed by atoms with van der Waals surface area (Å²) in [6.45, 7) is 2.12. The summed E-state index contributed by atoms with van der Waals surface area (Å²) in [6.07, 6.45) is -3.22. The lowest BCUT2D eigenvalue weighted by atomic mass is 9.94. The van der Waals surface area contributed by atoms with Crippen LogP contribution in [0.5, 0.6) is 0 Å². The Kier molecular flexibility index (Phi) is 4.41. The maximum atomic E-state index is 12.7. The molecule has 0 saturated carbocycles. The van der Waals surface area contributed by atoms with E-state index in [1.807, 2.05) is 0 Å². The zero-order chi connectivity index (χ0) is 15.6. The molecular weight excluding hydrogens is 303 g/mol. The molecule has 3 nitrogen and oxygen atoms in total. The van der Waals surface area contributed by atoms with E-state index in [9.17, 15) is 18.0 Å². The standard InChI is InChI=1S/C14H12F3NO2S/c1-2-20-7-10-12(19)11(13(18)21-10)8-4-3-5-9(6-8)14(15,16)17/h3-7,11,18H,2H2,1H3. The van der Waals surface area contributed by atoms with Crippen LogP contribution in [-0.2, 0) is 15.7 Å². The summed E-state index contributed by atoms with van der Waals surface area (Å²) in [6, 6.07) is 4.53. The topological polar surface area (TPSA) is 50.1 Å². The molecule has 1 aliphatic heterocycles. The van der Waals surface area contributed by atoms with Gasteiger partial charge in [-0.3, -0.25) is 10.2 Å². The third-order valence-electron chi connectivity index (χ3n) is 2.89. The number of carbonyl (C=O) groups is 1. The number of alkyl halides is 3. The van der Waals surface area contributed by atoms with Crippen LogP contribution in [0.3, 0.4) is 0 Å². The summed E-state index contributed by atoms with van der Waals surface area (Å²) in [4.78, 5) is 12.4. The van der Waals surface area contributed by atoms with E-state index in [0.29, 0.717) is 6.61 Å². The quantitative estimate of drug-likeness (QED) is 0.678. The molecule has 1 aromatic rings. The van der Waals surface area contributed by atoms with Gasteiger partial charge >= 0.3 is 6.18 Å². The number of hydrogen-bond acceptors (Lipinski definition) is 4. The largest absolute Gasteiger partial charge is 0.500 e. The average Bonchev–Trinajstić information content (AvgIpc) is 2.70. The minimum Gasteiger partial charge on any atom is -0.500 e. The second-order valence-corrected chi connectivity index (χ2v) is 5.41. The Bertz CT molecular complexity index is 610. The van der Waals surface area contributed by atoms with Crippen LogP contribution in [0.1, 0.15) is 24.0 Å². The van der Waals surface area contributed by atoms with Crippen molar-refractivity contribution >= 4 is 22.6 Å². The van der Waals surface area contributed by atoms with Crippen LogP contribution >= 0.6 is 11.8 Å². The molecule has 1 aromatic carbocycles. The van der Waals surface area contributed by atoms with Gasteiger partial charge in [0.05, 0.1) is 28.0 Å². The number of thioether (sulfide) groups is 1. The molecule has 0 bridgehead atoms. The van der Waals surface area contributed by atoms with Crippen LogP contribution in [0.2, 0.25) is 0 Å². The highest BCUT2D eigenvalue weighted by Crippen LogP contribution is 2.41. The summed E-state index contributed by atoms with van der Waals surface area (Å²) >= 11 is 0.919. The molecule has 2 rings (SSSR count). The van der Waals surface area contributed by atoms with Gasteiger partial charge < -0.3 is 4.74 Å². The smallest absolute Gasteiger partial charge is 0.416 e. The average molecular weight is 315 g/mol. The lowest BCUT2D eigenvalue weighted by molar-refractivity contribution is -0.137. The van der Waals surface area contributed by atoms with Gasteiger partial charge in [0.2, 0.25) is 0 Å². The molecule has 1 heterocycles. The minimum absolute atomic E-state index is 0.00489. The van der Waals surface area contributed by atoms with E-state index in [2.05, 4.69) is 0 Å². The minimum atomic E-state index is -4.48. The monoisotopic (exact) mass is 315 g/mol. The van der Waals surface area contributed by atoms with Crippen LogP contribution in [0.4, 0.5) is 13.2 Å². The molecule has 21 heavy (non-hydrogen) atoms. The molecule has 112 valence electrons. The molecule has 0 spiro atoms. The number of rotatable bonds is 3. The van der Waals surface area contributed by atoms with Crippen molar-refractivity contribution in [1.82, 2.24) is 0 Å². The van der Waals surface area contributed by atoms with Gasteiger partial charge in [0.25, 0.3) is 0 Å². The summed E-state index contributed by atoms with van der Waals surface area (Å²) in [5.74, 6) is -1.39. The van der Waals surface area contributed by atoms with Crippen molar-refractivity contribution in [3.8, 4) is 0 Å². The fourth-order valence-electron chi connectivity index (χ4n) is 1.93. The summed E-state index contributed by atoms with van der Waals surface area (Å²) in [5.41, 5.74) is -0.653. The first-order valence-electron chi connectivity index (χ1n) is 6.14. The maximum Gasteiger partial charge on any atom is 0.416 e. The number of ketones is 1. The van der Waals surface area contributed by atoms with Crippen molar-refractivity contribution in [2.75, 3.05) is 6.61 Å². The van der Waals surface area contributed by atoms with Gasteiger partial charge in [0.15, 0.2) is 5.78 Å². The van der Waals surface area contributed by atoms with Gasteiger partial charge in [-0.1, -0.05) is 30.0 Å². The Morgan fingerprint density at radius 2 is 2.14 bits per heavy atom. The molecule has 1 aliphatic rings. The first-order valence-corrected chi connectivity index (χ1v) is 6.95. The Hall–Kier alpha value is -1.76. The van der Waals surface area contributed by atoms with Crippen LogP contribution in [0.15, 0.2) is 35.4 Å². The number of allylic oxidation sites excluding steroid dienone is 1. The summed E-state index contributed by atoms with van der Waals surface area (Å²) in [7, 11) is 0. The van der Waals surface area contributed by atoms with Gasteiger partial charge in [-0.25, -0.2) is 0 Å². The number of halogens is 3. The van der Waals surface area contributed by atoms with Crippen LogP contribution in [-0.4, -0.2) is 17.4 Å². The van der Waals surface area contributed by atoms with Crippen molar-refractivity contribution in [3.05, 3.63) is 46.6 Å². The number of nitrogens with one attached hydrogen (secondary N) is 1. The van der Waals surface area contributed by atoms with Gasteiger partial charge in [-0.15, -0.1) is 0 Å². The first-order chi connectivity index (χ1) is 9.84. The van der Waals surface area contributed by atoms with Crippen molar-refractivity contribution in [2.24, 2.45) is 0 Å². The predicted octanol–water partition coefficient (Wildman–Crippen LogP) is 3.96. The van der Waals surface area contributed by atoms with E-state index in [4.69, 9.17) is 10.1 Å². The highest BCUT2D eigenvalue weighted by atomic mass is 32.2. The SMILES string of the molecule is CCOC=C1SC(=N)C(c2cccc(C(F)(F)F)c2)C1=O. The molecule has 7 heteroatoms. The van der Waals surface area contributed by atoms with Crippen molar-refractivity contribution in [2.45, 2.75) is 19.0 Å². The van der Waals surface area contributed by atoms with Crippen LogP contribution in [0, 0.1) is 5.41 Å². The lowest BCUT2D eigenvalue weighted by Crippen LogP contribution is -2.13.